The van der Waals surface area contributed by atoms with Crippen molar-refractivity contribution in [2.24, 2.45) is 5.10 Å². The summed E-state index contributed by atoms with van der Waals surface area (Å²) in [4.78, 5) is 18.7. The largest absolute Gasteiger partial charge is 0.342 e. The molecule has 6 rings (SSSR count). The number of aryl methyl sites for hydroxylation is 1. The third kappa shape index (κ3) is 4.63. The molecule has 8 heteroatoms. The number of rotatable bonds is 7. The molecule has 2 aliphatic rings. The molecule has 4 aromatic rings. The summed E-state index contributed by atoms with van der Waals surface area (Å²) in [5.41, 5.74) is 7.95. The fourth-order valence-corrected chi connectivity index (χ4v) is 5.16. The highest BCUT2D eigenvalue weighted by atomic mass is 15.4. The highest BCUT2D eigenvalue weighted by Crippen LogP contribution is 2.24. The smallest absolute Gasteiger partial charge is 0.250 e. The van der Waals surface area contributed by atoms with Gasteiger partial charge in [0.15, 0.2) is 0 Å². The Labute approximate surface area is 211 Å². The van der Waals surface area contributed by atoms with Gasteiger partial charge in [-0.3, -0.25) is 0 Å². The van der Waals surface area contributed by atoms with Crippen LogP contribution in [0, 0.1) is 6.92 Å². The van der Waals surface area contributed by atoms with Crippen LogP contribution >= 0.6 is 0 Å². The van der Waals surface area contributed by atoms with E-state index in [4.69, 9.17) is 15.0 Å². The van der Waals surface area contributed by atoms with E-state index in [-0.39, 0.29) is 0 Å². The summed E-state index contributed by atoms with van der Waals surface area (Å²) in [5.74, 6) is 1.99. The number of hydrogen-bond acceptors (Lipinski definition) is 7. The SMILES string of the molecule is Cc1ccccc1Cn1cc(C=NNc2nc(N3CCCC3)nc(N3CCCC3)n2)c2ccccc21. The van der Waals surface area contributed by atoms with Crippen molar-refractivity contribution < 1.29 is 0 Å². The molecule has 0 radical (unpaired) electrons. The molecule has 8 nitrogen and oxygen atoms in total. The van der Waals surface area contributed by atoms with Gasteiger partial charge in [-0.25, -0.2) is 5.43 Å². The van der Waals surface area contributed by atoms with Crippen LogP contribution in [0.4, 0.5) is 17.8 Å². The van der Waals surface area contributed by atoms with Crippen molar-refractivity contribution in [1.82, 2.24) is 19.5 Å². The van der Waals surface area contributed by atoms with Crippen LogP contribution in [0.25, 0.3) is 10.9 Å². The quantitative estimate of drug-likeness (QED) is 0.302. The van der Waals surface area contributed by atoms with Crippen molar-refractivity contribution in [3.8, 4) is 0 Å². The van der Waals surface area contributed by atoms with Crippen molar-refractivity contribution in [1.29, 1.82) is 0 Å². The average molecular weight is 481 g/mol. The van der Waals surface area contributed by atoms with E-state index < -0.39 is 0 Å². The fraction of sp³-hybridized carbons (Fsp3) is 0.357. The van der Waals surface area contributed by atoms with Gasteiger partial charge in [0.2, 0.25) is 17.8 Å². The minimum absolute atomic E-state index is 0.494. The fourth-order valence-electron chi connectivity index (χ4n) is 5.16. The minimum atomic E-state index is 0.494. The Morgan fingerprint density at radius 1 is 0.833 bits per heavy atom. The van der Waals surface area contributed by atoms with Crippen LogP contribution in [0.15, 0.2) is 59.8 Å². The van der Waals surface area contributed by atoms with Crippen molar-refractivity contribution >= 4 is 35.0 Å². The van der Waals surface area contributed by atoms with Crippen molar-refractivity contribution in [3.63, 3.8) is 0 Å². The Bertz CT molecular complexity index is 1350. The maximum atomic E-state index is 4.79. The third-order valence-corrected chi connectivity index (χ3v) is 7.18. The molecule has 2 fully saturated rings. The van der Waals surface area contributed by atoms with Crippen LogP contribution in [-0.2, 0) is 6.54 Å². The number of benzene rings is 2. The van der Waals surface area contributed by atoms with Crippen molar-refractivity contribution in [2.45, 2.75) is 39.2 Å². The first-order valence-corrected chi connectivity index (χ1v) is 12.9. The molecule has 2 aliphatic heterocycles. The first-order valence-electron chi connectivity index (χ1n) is 12.9. The summed E-state index contributed by atoms with van der Waals surface area (Å²) in [6.07, 6.45) is 8.75. The Morgan fingerprint density at radius 2 is 1.47 bits per heavy atom. The Balaban J connectivity index is 1.27. The van der Waals surface area contributed by atoms with Gasteiger partial charge in [-0.05, 0) is 49.8 Å². The first-order chi connectivity index (χ1) is 17.7. The maximum Gasteiger partial charge on any atom is 0.250 e. The molecule has 4 heterocycles. The zero-order valence-electron chi connectivity index (χ0n) is 20.8. The number of anilines is 3. The van der Waals surface area contributed by atoms with Gasteiger partial charge < -0.3 is 14.4 Å². The van der Waals surface area contributed by atoms with Gasteiger partial charge in [0.25, 0.3) is 0 Å². The minimum Gasteiger partial charge on any atom is -0.342 e. The zero-order chi connectivity index (χ0) is 24.3. The number of nitrogens with one attached hydrogen (secondary N) is 1. The van der Waals surface area contributed by atoms with Gasteiger partial charge in [-0.2, -0.15) is 20.1 Å². The van der Waals surface area contributed by atoms with E-state index in [1.165, 1.54) is 47.7 Å². The van der Waals surface area contributed by atoms with Crippen molar-refractivity contribution in [2.75, 3.05) is 41.4 Å². The summed E-state index contributed by atoms with van der Waals surface area (Å²) in [5, 5.41) is 5.73. The molecule has 0 bridgehead atoms. The Hall–Kier alpha value is -3.94. The lowest BCUT2D eigenvalue weighted by molar-refractivity contribution is 0.830. The summed E-state index contributed by atoms with van der Waals surface area (Å²) >= 11 is 0. The molecule has 36 heavy (non-hydrogen) atoms. The van der Waals surface area contributed by atoms with E-state index in [0.717, 1.165) is 50.2 Å². The maximum absolute atomic E-state index is 4.79. The van der Waals surface area contributed by atoms with E-state index in [0.29, 0.717) is 5.95 Å². The molecule has 0 saturated carbocycles. The van der Waals surface area contributed by atoms with E-state index in [2.05, 4.69) is 86.5 Å². The molecule has 0 spiro atoms. The van der Waals surface area contributed by atoms with Crippen LogP contribution in [0.3, 0.4) is 0 Å². The number of para-hydroxylation sites is 1. The second-order valence-corrected chi connectivity index (χ2v) is 9.67. The van der Waals surface area contributed by atoms with Crippen molar-refractivity contribution in [3.05, 3.63) is 71.4 Å². The molecule has 2 saturated heterocycles. The monoisotopic (exact) mass is 480 g/mol. The summed E-state index contributed by atoms with van der Waals surface area (Å²) in [6.45, 7) is 6.95. The lowest BCUT2D eigenvalue weighted by atomic mass is 10.1. The standard InChI is InChI=1S/C28H32N8/c1-21-10-2-3-11-22(21)19-36-20-23(24-12-4-5-13-25(24)36)18-29-33-26-30-27(34-14-6-7-15-34)32-28(31-26)35-16-8-9-17-35/h2-5,10-13,18,20H,6-9,14-17,19H2,1H3,(H,30,31,32,33). The van der Waals surface area contributed by atoms with Crippen LogP contribution in [0.2, 0.25) is 0 Å². The highest BCUT2D eigenvalue weighted by Gasteiger charge is 2.21. The van der Waals surface area contributed by atoms with Gasteiger partial charge in [0, 0.05) is 55.4 Å². The van der Waals surface area contributed by atoms with E-state index in [1.807, 2.05) is 6.21 Å². The molecule has 2 aromatic carbocycles. The normalized spacial score (nSPS) is 16.0. The second-order valence-electron chi connectivity index (χ2n) is 9.67. The predicted molar refractivity (Wildman–Crippen MR) is 146 cm³/mol. The lowest BCUT2D eigenvalue weighted by Gasteiger charge is -2.20. The number of hydrazone groups is 1. The molecular formula is C28H32N8. The summed E-state index contributed by atoms with van der Waals surface area (Å²) < 4.78 is 2.29. The van der Waals surface area contributed by atoms with Crippen LogP contribution in [-0.4, -0.2) is 51.9 Å². The zero-order valence-corrected chi connectivity index (χ0v) is 20.8. The van der Waals surface area contributed by atoms with E-state index in [1.54, 1.807) is 0 Å². The molecule has 1 N–H and O–H groups in total. The Morgan fingerprint density at radius 3 is 2.17 bits per heavy atom. The van der Waals surface area contributed by atoms with Crippen LogP contribution < -0.4 is 15.2 Å². The van der Waals surface area contributed by atoms with Crippen LogP contribution in [0.1, 0.15) is 42.4 Å². The topological polar surface area (TPSA) is 74.5 Å². The van der Waals surface area contributed by atoms with Gasteiger partial charge in [-0.15, -0.1) is 0 Å². The lowest BCUT2D eigenvalue weighted by Crippen LogP contribution is -2.25. The number of aromatic nitrogens is 4. The Kier molecular flexibility index (Phi) is 6.24. The molecule has 0 amide bonds. The van der Waals surface area contributed by atoms with Gasteiger partial charge in [0.1, 0.15) is 0 Å². The number of hydrogen-bond donors (Lipinski definition) is 1. The average Bonchev–Trinajstić information content (AvgIpc) is 3.68. The van der Waals surface area contributed by atoms with Gasteiger partial charge in [-0.1, -0.05) is 42.5 Å². The number of nitrogens with zero attached hydrogens (tertiary/aromatic N) is 7. The highest BCUT2D eigenvalue weighted by molar-refractivity contribution is 5.99. The van der Waals surface area contributed by atoms with E-state index in [9.17, 15) is 0 Å². The summed E-state index contributed by atoms with van der Waals surface area (Å²) in [6, 6.07) is 17.0. The molecule has 0 atom stereocenters. The predicted octanol–water partition coefficient (Wildman–Crippen LogP) is 4.83. The first kappa shape index (κ1) is 22.5. The van der Waals surface area contributed by atoms with E-state index >= 15 is 0 Å². The molecule has 184 valence electrons. The third-order valence-electron chi connectivity index (χ3n) is 7.18. The van der Waals surface area contributed by atoms with Crippen LogP contribution in [0.5, 0.6) is 0 Å². The summed E-state index contributed by atoms with van der Waals surface area (Å²) in [7, 11) is 0. The van der Waals surface area contributed by atoms with Gasteiger partial charge >= 0.3 is 0 Å². The van der Waals surface area contributed by atoms with Gasteiger partial charge in [0.05, 0.1) is 6.21 Å². The molecule has 0 aliphatic carbocycles. The second kappa shape index (κ2) is 9.97. The molecular weight excluding hydrogens is 448 g/mol. The number of fused-ring (bicyclic) bond motifs is 1. The molecule has 2 aromatic heterocycles. The molecule has 0 unspecified atom stereocenters.